The van der Waals surface area contributed by atoms with Gasteiger partial charge in [-0.15, -0.1) is 12.4 Å². The van der Waals surface area contributed by atoms with Crippen LogP contribution in [-0.2, 0) is 9.53 Å². The molecule has 0 aromatic heterocycles. The Morgan fingerprint density at radius 3 is 2.75 bits per heavy atom. The fourth-order valence-electron chi connectivity index (χ4n) is 2.11. The number of aryl methyl sites for hydroxylation is 1. The molecule has 1 aliphatic heterocycles. The Kier molecular flexibility index (Phi) is 6.99. The first-order valence-corrected chi connectivity index (χ1v) is 6.83. The van der Waals surface area contributed by atoms with E-state index in [9.17, 15) is 4.79 Å². The molecule has 2 atom stereocenters. The highest BCUT2D eigenvalue weighted by atomic mass is 35.5. The van der Waals surface area contributed by atoms with Crippen LogP contribution in [0.4, 0.5) is 0 Å². The van der Waals surface area contributed by atoms with Crippen LogP contribution >= 0.6 is 12.4 Å². The molecule has 112 valence electrons. The number of carbonyl (C=O) groups is 1. The maximum absolute atomic E-state index is 11.9. The Balaban J connectivity index is 0.00000200. The second-order valence-corrected chi connectivity index (χ2v) is 5.12. The molecule has 20 heavy (non-hydrogen) atoms. The van der Waals surface area contributed by atoms with Gasteiger partial charge in [0.1, 0.15) is 6.10 Å². The third-order valence-electron chi connectivity index (χ3n) is 3.45. The molecule has 5 heteroatoms. The van der Waals surface area contributed by atoms with E-state index in [0.717, 1.165) is 6.54 Å². The number of ether oxygens (including phenoxy) is 1. The van der Waals surface area contributed by atoms with Crippen LogP contribution in [0.3, 0.4) is 0 Å². The molecule has 0 spiro atoms. The van der Waals surface area contributed by atoms with E-state index in [2.05, 4.69) is 48.7 Å². The van der Waals surface area contributed by atoms with Crippen LogP contribution in [-0.4, -0.2) is 38.3 Å². The summed E-state index contributed by atoms with van der Waals surface area (Å²) in [5.41, 5.74) is 2.50. The van der Waals surface area contributed by atoms with E-state index >= 15 is 0 Å². The first-order chi connectivity index (χ1) is 9.16. The van der Waals surface area contributed by atoms with Gasteiger partial charge in [0.05, 0.1) is 6.61 Å². The lowest BCUT2D eigenvalue weighted by molar-refractivity contribution is -0.134. The predicted octanol–water partition coefficient (Wildman–Crippen LogP) is 1.62. The number of hydrogen-bond donors (Lipinski definition) is 2. The van der Waals surface area contributed by atoms with E-state index in [1.54, 1.807) is 0 Å². The van der Waals surface area contributed by atoms with Gasteiger partial charge in [-0.2, -0.15) is 0 Å². The highest BCUT2D eigenvalue weighted by Gasteiger charge is 2.21. The van der Waals surface area contributed by atoms with Crippen LogP contribution in [0, 0.1) is 6.92 Å². The fourth-order valence-corrected chi connectivity index (χ4v) is 2.11. The van der Waals surface area contributed by atoms with Gasteiger partial charge in [-0.3, -0.25) is 4.79 Å². The third kappa shape index (κ3) is 4.78. The molecule has 0 aliphatic carbocycles. The minimum atomic E-state index is -0.348. The number of carbonyl (C=O) groups excluding carboxylic acids is 1. The van der Waals surface area contributed by atoms with Gasteiger partial charge in [0.25, 0.3) is 0 Å². The molecule has 1 saturated heterocycles. The van der Waals surface area contributed by atoms with Gasteiger partial charge >= 0.3 is 0 Å². The molecular weight excluding hydrogens is 276 g/mol. The number of nitrogens with one attached hydrogen (secondary N) is 2. The monoisotopic (exact) mass is 298 g/mol. The summed E-state index contributed by atoms with van der Waals surface area (Å²) in [5.74, 6) is 0.285. The quantitative estimate of drug-likeness (QED) is 0.888. The zero-order valence-electron chi connectivity index (χ0n) is 12.0. The molecule has 2 unspecified atom stereocenters. The number of rotatable bonds is 4. The third-order valence-corrected chi connectivity index (χ3v) is 3.45. The number of amides is 1. The molecule has 1 fully saturated rings. The van der Waals surface area contributed by atoms with Crippen molar-refractivity contribution in [1.29, 1.82) is 0 Å². The molecule has 4 nitrogen and oxygen atoms in total. The largest absolute Gasteiger partial charge is 0.366 e. The minimum Gasteiger partial charge on any atom is -0.366 e. The van der Waals surface area contributed by atoms with Gasteiger partial charge in [0.15, 0.2) is 0 Å². The van der Waals surface area contributed by atoms with E-state index in [1.165, 1.54) is 11.1 Å². The maximum Gasteiger partial charge on any atom is 0.250 e. The summed E-state index contributed by atoms with van der Waals surface area (Å²) in [6.45, 7) is 6.86. The molecule has 0 saturated carbocycles. The molecular formula is C15H23ClN2O2. The first-order valence-electron chi connectivity index (χ1n) is 6.83. The number of halogens is 1. The van der Waals surface area contributed by atoms with E-state index in [4.69, 9.17) is 4.74 Å². The highest BCUT2D eigenvalue weighted by molar-refractivity contribution is 5.85. The molecule has 0 bridgehead atoms. The highest BCUT2D eigenvalue weighted by Crippen LogP contribution is 2.14. The van der Waals surface area contributed by atoms with Crippen molar-refractivity contribution in [2.24, 2.45) is 0 Å². The van der Waals surface area contributed by atoms with Crippen LogP contribution in [0.25, 0.3) is 0 Å². The average molecular weight is 299 g/mol. The Labute approximate surface area is 126 Å². The summed E-state index contributed by atoms with van der Waals surface area (Å²) < 4.78 is 5.42. The predicted molar refractivity (Wildman–Crippen MR) is 82.5 cm³/mol. The van der Waals surface area contributed by atoms with E-state index in [-0.39, 0.29) is 24.4 Å². The zero-order chi connectivity index (χ0) is 13.7. The van der Waals surface area contributed by atoms with Crippen molar-refractivity contribution in [2.45, 2.75) is 25.9 Å². The Hall–Kier alpha value is -1.10. The van der Waals surface area contributed by atoms with Crippen molar-refractivity contribution in [3.05, 3.63) is 35.4 Å². The number of hydrogen-bond acceptors (Lipinski definition) is 3. The van der Waals surface area contributed by atoms with E-state index in [0.29, 0.717) is 25.6 Å². The van der Waals surface area contributed by atoms with Crippen molar-refractivity contribution in [3.8, 4) is 0 Å². The number of morpholine rings is 1. The van der Waals surface area contributed by atoms with Crippen molar-refractivity contribution >= 4 is 18.3 Å². The second-order valence-electron chi connectivity index (χ2n) is 5.12. The lowest BCUT2D eigenvalue weighted by atomic mass is 10.00. The van der Waals surface area contributed by atoms with E-state index < -0.39 is 0 Å². The van der Waals surface area contributed by atoms with Gasteiger partial charge in [-0.25, -0.2) is 0 Å². The Morgan fingerprint density at radius 2 is 2.15 bits per heavy atom. The van der Waals surface area contributed by atoms with Crippen LogP contribution < -0.4 is 10.6 Å². The maximum atomic E-state index is 11.9. The second kappa shape index (κ2) is 8.25. The van der Waals surface area contributed by atoms with Gasteiger partial charge in [-0.05, 0) is 18.4 Å². The molecule has 2 N–H and O–H groups in total. The summed E-state index contributed by atoms with van der Waals surface area (Å²) in [7, 11) is 0. The van der Waals surface area contributed by atoms with Crippen molar-refractivity contribution in [3.63, 3.8) is 0 Å². The smallest absolute Gasteiger partial charge is 0.250 e. The van der Waals surface area contributed by atoms with E-state index in [1.807, 2.05) is 0 Å². The van der Waals surface area contributed by atoms with Crippen LogP contribution in [0.15, 0.2) is 24.3 Å². The molecule has 1 aromatic rings. The SMILES string of the molecule is Cc1ccc(C(C)CNC(=O)C2CNCCO2)cc1.Cl. The van der Waals surface area contributed by atoms with Gasteiger partial charge in [-0.1, -0.05) is 36.8 Å². The van der Waals surface area contributed by atoms with Gasteiger partial charge in [0.2, 0.25) is 5.91 Å². The Bertz CT molecular complexity index is 416. The Morgan fingerprint density at radius 1 is 1.45 bits per heavy atom. The summed E-state index contributed by atoms with van der Waals surface area (Å²) in [6.07, 6.45) is -0.348. The minimum absolute atomic E-state index is 0. The standard InChI is InChI=1S/C15H22N2O2.ClH/c1-11-3-5-13(6-4-11)12(2)9-17-15(18)14-10-16-7-8-19-14;/h3-6,12,14,16H,7-10H2,1-2H3,(H,17,18);1H. The lowest BCUT2D eigenvalue weighted by Gasteiger charge is -2.23. The molecule has 2 rings (SSSR count). The van der Waals surface area contributed by atoms with Crippen molar-refractivity contribution in [1.82, 2.24) is 10.6 Å². The van der Waals surface area contributed by atoms with Crippen LogP contribution in [0.5, 0.6) is 0 Å². The van der Waals surface area contributed by atoms with Gasteiger partial charge in [0, 0.05) is 19.6 Å². The molecule has 1 heterocycles. The topological polar surface area (TPSA) is 50.4 Å². The van der Waals surface area contributed by atoms with Crippen molar-refractivity contribution < 1.29 is 9.53 Å². The lowest BCUT2D eigenvalue weighted by Crippen LogP contribution is -2.48. The van der Waals surface area contributed by atoms with Gasteiger partial charge < -0.3 is 15.4 Å². The first kappa shape index (κ1) is 17.0. The zero-order valence-corrected chi connectivity index (χ0v) is 12.8. The summed E-state index contributed by atoms with van der Waals surface area (Å²) in [6, 6.07) is 8.43. The molecule has 1 aliphatic rings. The fraction of sp³-hybridized carbons (Fsp3) is 0.533. The van der Waals surface area contributed by atoms with Crippen LogP contribution in [0.2, 0.25) is 0 Å². The summed E-state index contributed by atoms with van der Waals surface area (Å²) >= 11 is 0. The normalized spacial score (nSPS) is 19.8. The average Bonchev–Trinajstić information content (AvgIpc) is 2.46. The summed E-state index contributed by atoms with van der Waals surface area (Å²) in [4.78, 5) is 11.9. The van der Waals surface area contributed by atoms with Crippen molar-refractivity contribution in [2.75, 3.05) is 26.2 Å². The van der Waals surface area contributed by atoms with Crippen LogP contribution in [0.1, 0.15) is 24.0 Å². The molecule has 1 amide bonds. The summed E-state index contributed by atoms with van der Waals surface area (Å²) in [5, 5.41) is 6.12. The number of benzene rings is 1. The molecule has 0 radical (unpaired) electrons. The molecule has 1 aromatic carbocycles.